The number of nitrogens with zero attached hydrogens (tertiary/aromatic N) is 1. The van der Waals surface area contributed by atoms with E-state index in [1.54, 1.807) is 0 Å². The van der Waals surface area contributed by atoms with Gasteiger partial charge in [0.2, 0.25) is 0 Å². The number of hydrogen-bond acceptors (Lipinski definition) is 3. The molecule has 1 aliphatic carbocycles. The number of hydrazine groups is 1. The van der Waals surface area contributed by atoms with Crippen molar-refractivity contribution in [1.82, 2.24) is 10.4 Å². The summed E-state index contributed by atoms with van der Waals surface area (Å²) in [5.41, 5.74) is 3.67. The van der Waals surface area contributed by atoms with Crippen LogP contribution in [0.25, 0.3) is 0 Å². The highest BCUT2D eigenvalue weighted by Gasteiger charge is 2.27. The second kappa shape index (κ2) is 5.10. The summed E-state index contributed by atoms with van der Waals surface area (Å²) >= 11 is 0. The molecule has 0 aromatic carbocycles. The van der Waals surface area contributed by atoms with E-state index in [4.69, 9.17) is 4.74 Å². The van der Waals surface area contributed by atoms with Crippen molar-refractivity contribution in [3.05, 3.63) is 0 Å². The zero-order chi connectivity index (χ0) is 9.80. The molecule has 1 saturated carbocycles. The molecule has 0 aromatic heterocycles. The van der Waals surface area contributed by atoms with Crippen molar-refractivity contribution in [3.63, 3.8) is 0 Å². The lowest BCUT2D eigenvalue weighted by Crippen LogP contribution is -2.51. The lowest BCUT2D eigenvalue weighted by molar-refractivity contribution is 0.0000716. The summed E-state index contributed by atoms with van der Waals surface area (Å²) in [6, 6.07) is 0.734. The Labute approximate surface area is 86.8 Å². The van der Waals surface area contributed by atoms with Crippen LogP contribution in [0.15, 0.2) is 0 Å². The van der Waals surface area contributed by atoms with E-state index in [0.29, 0.717) is 0 Å². The second-order valence-electron chi connectivity index (χ2n) is 4.43. The van der Waals surface area contributed by atoms with Crippen LogP contribution in [0.4, 0.5) is 0 Å². The lowest BCUT2D eigenvalue weighted by Gasteiger charge is -2.32. The van der Waals surface area contributed by atoms with Crippen LogP contribution in [-0.2, 0) is 4.74 Å². The van der Waals surface area contributed by atoms with Gasteiger partial charge in [-0.25, -0.2) is 5.01 Å². The van der Waals surface area contributed by atoms with Gasteiger partial charge in [0.15, 0.2) is 0 Å². The fraction of sp³-hybridized carbons (Fsp3) is 1.00. The summed E-state index contributed by atoms with van der Waals surface area (Å²) in [5.74, 6) is 0.901. The number of rotatable bonds is 3. The van der Waals surface area contributed by atoms with E-state index in [1.807, 2.05) is 0 Å². The predicted octanol–water partition coefficient (Wildman–Crippen LogP) is 1.40. The first kappa shape index (κ1) is 10.4. The van der Waals surface area contributed by atoms with E-state index in [-0.39, 0.29) is 0 Å². The summed E-state index contributed by atoms with van der Waals surface area (Å²) in [5, 5.41) is 2.35. The fourth-order valence-electron chi connectivity index (χ4n) is 2.62. The van der Waals surface area contributed by atoms with Gasteiger partial charge in [0.25, 0.3) is 0 Å². The predicted molar refractivity (Wildman–Crippen MR) is 56.9 cm³/mol. The van der Waals surface area contributed by atoms with E-state index in [1.165, 1.54) is 25.7 Å². The lowest BCUT2D eigenvalue weighted by atomic mass is 10.0. The number of ether oxygens (including phenoxy) is 1. The number of morpholine rings is 1. The molecular formula is C11H22N2O. The summed E-state index contributed by atoms with van der Waals surface area (Å²) in [4.78, 5) is 0. The van der Waals surface area contributed by atoms with Crippen molar-refractivity contribution in [2.24, 2.45) is 5.92 Å². The van der Waals surface area contributed by atoms with Crippen molar-refractivity contribution < 1.29 is 4.74 Å². The molecule has 1 N–H and O–H groups in total. The molecule has 2 fully saturated rings. The first-order valence-corrected chi connectivity index (χ1v) is 5.99. The van der Waals surface area contributed by atoms with Crippen molar-refractivity contribution in [3.8, 4) is 0 Å². The largest absolute Gasteiger partial charge is 0.379 e. The topological polar surface area (TPSA) is 24.5 Å². The van der Waals surface area contributed by atoms with Gasteiger partial charge in [0.1, 0.15) is 0 Å². The van der Waals surface area contributed by atoms with E-state index in [2.05, 4.69) is 17.4 Å². The average Bonchev–Trinajstić information content (AvgIpc) is 2.67. The molecule has 3 heteroatoms. The van der Waals surface area contributed by atoms with Gasteiger partial charge in [-0.1, -0.05) is 19.8 Å². The van der Waals surface area contributed by atoms with Crippen LogP contribution in [0.5, 0.6) is 0 Å². The summed E-state index contributed by atoms with van der Waals surface area (Å²) in [7, 11) is 0. The average molecular weight is 198 g/mol. The standard InChI is InChI=1S/C11H22N2O/c1-2-10-4-3-5-11(10)12-13-6-8-14-9-7-13/h10-12H,2-9H2,1H3. The molecule has 0 radical (unpaired) electrons. The highest BCUT2D eigenvalue weighted by molar-refractivity contribution is 4.81. The van der Waals surface area contributed by atoms with Crippen LogP contribution in [-0.4, -0.2) is 37.4 Å². The summed E-state index contributed by atoms with van der Waals surface area (Å²) in [6.07, 6.45) is 5.50. The van der Waals surface area contributed by atoms with Gasteiger partial charge in [-0.2, -0.15) is 0 Å². The van der Waals surface area contributed by atoms with E-state index in [0.717, 1.165) is 38.3 Å². The SMILES string of the molecule is CCC1CCCC1NN1CCOCC1. The van der Waals surface area contributed by atoms with Gasteiger partial charge < -0.3 is 4.74 Å². The third-order valence-corrected chi connectivity index (χ3v) is 3.54. The van der Waals surface area contributed by atoms with E-state index < -0.39 is 0 Å². The molecule has 3 nitrogen and oxygen atoms in total. The number of hydrogen-bond donors (Lipinski definition) is 1. The van der Waals surface area contributed by atoms with Crippen LogP contribution in [0.3, 0.4) is 0 Å². The van der Waals surface area contributed by atoms with E-state index in [9.17, 15) is 0 Å². The third-order valence-electron chi connectivity index (χ3n) is 3.54. The fourth-order valence-corrected chi connectivity index (χ4v) is 2.62. The van der Waals surface area contributed by atoms with Gasteiger partial charge in [0.05, 0.1) is 13.2 Å². The molecule has 2 unspecified atom stereocenters. The Kier molecular flexibility index (Phi) is 3.79. The minimum absolute atomic E-state index is 0.734. The highest BCUT2D eigenvalue weighted by atomic mass is 16.5. The highest BCUT2D eigenvalue weighted by Crippen LogP contribution is 2.28. The Morgan fingerprint density at radius 3 is 2.79 bits per heavy atom. The molecule has 82 valence electrons. The van der Waals surface area contributed by atoms with Gasteiger partial charge in [-0.15, -0.1) is 0 Å². The zero-order valence-electron chi connectivity index (χ0n) is 9.17. The molecule has 0 bridgehead atoms. The summed E-state index contributed by atoms with van der Waals surface area (Å²) in [6.45, 7) is 6.18. The Morgan fingerprint density at radius 1 is 1.29 bits per heavy atom. The first-order chi connectivity index (χ1) is 6.90. The van der Waals surface area contributed by atoms with Crippen LogP contribution < -0.4 is 5.43 Å². The molecule has 1 heterocycles. The maximum atomic E-state index is 5.34. The molecular weight excluding hydrogens is 176 g/mol. The van der Waals surface area contributed by atoms with Gasteiger partial charge >= 0.3 is 0 Å². The minimum atomic E-state index is 0.734. The molecule has 0 spiro atoms. The molecule has 0 aromatic rings. The Morgan fingerprint density at radius 2 is 2.07 bits per heavy atom. The quantitative estimate of drug-likeness (QED) is 0.742. The van der Waals surface area contributed by atoms with Crippen LogP contribution in [0, 0.1) is 5.92 Å². The monoisotopic (exact) mass is 198 g/mol. The molecule has 2 rings (SSSR count). The first-order valence-electron chi connectivity index (χ1n) is 5.99. The zero-order valence-corrected chi connectivity index (χ0v) is 9.17. The minimum Gasteiger partial charge on any atom is -0.379 e. The maximum Gasteiger partial charge on any atom is 0.0608 e. The van der Waals surface area contributed by atoms with Crippen molar-refractivity contribution in [2.75, 3.05) is 26.3 Å². The van der Waals surface area contributed by atoms with Gasteiger partial charge in [-0.3, -0.25) is 5.43 Å². The Hall–Kier alpha value is -0.120. The maximum absolute atomic E-state index is 5.34. The summed E-state index contributed by atoms with van der Waals surface area (Å²) < 4.78 is 5.34. The number of nitrogens with one attached hydrogen (secondary N) is 1. The molecule has 14 heavy (non-hydrogen) atoms. The molecule has 2 aliphatic rings. The molecule has 1 saturated heterocycles. The second-order valence-corrected chi connectivity index (χ2v) is 4.43. The molecule has 0 amide bonds. The molecule has 2 atom stereocenters. The van der Waals surface area contributed by atoms with Gasteiger partial charge in [0, 0.05) is 19.1 Å². The Bertz CT molecular complexity index is 169. The third kappa shape index (κ3) is 2.47. The van der Waals surface area contributed by atoms with Crippen molar-refractivity contribution in [1.29, 1.82) is 0 Å². The molecule has 1 aliphatic heterocycles. The van der Waals surface area contributed by atoms with Crippen LogP contribution >= 0.6 is 0 Å². The normalized spacial score (nSPS) is 34.9. The smallest absolute Gasteiger partial charge is 0.0608 e. The van der Waals surface area contributed by atoms with Crippen LogP contribution in [0.1, 0.15) is 32.6 Å². The van der Waals surface area contributed by atoms with Crippen LogP contribution in [0.2, 0.25) is 0 Å². The van der Waals surface area contributed by atoms with Crippen molar-refractivity contribution in [2.45, 2.75) is 38.6 Å². The Balaban J connectivity index is 1.77. The van der Waals surface area contributed by atoms with Gasteiger partial charge in [-0.05, 0) is 18.8 Å². The van der Waals surface area contributed by atoms with E-state index >= 15 is 0 Å². The van der Waals surface area contributed by atoms with Crippen molar-refractivity contribution >= 4 is 0 Å².